The molecule has 7 rings (SSSR count). The molecule has 4 aromatic carbocycles. The molecule has 0 unspecified atom stereocenters. The third kappa shape index (κ3) is 4.46. The van der Waals surface area contributed by atoms with Crippen molar-refractivity contribution in [2.24, 2.45) is 0 Å². The third-order valence-corrected chi connectivity index (χ3v) is 7.80. The molecule has 0 saturated heterocycles. The Balaban J connectivity index is 1.32. The van der Waals surface area contributed by atoms with E-state index in [1.165, 1.54) is 16.9 Å². The van der Waals surface area contributed by atoms with Crippen molar-refractivity contribution in [2.45, 2.75) is 13.5 Å². The zero-order chi connectivity index (χ0) is 27.1. The summed E-state index contributed by atoms with van der Waals surface area (Å²) in [6.07, 6.45) is 3.88. The van der Waals surface area contributed by atoms with Crippen LogP contribution in [0.25, 0.3) is 39.0 Å². The predicted molar refractivity (Wildman–Crippen MR) is 160 cm³/mol. The van der Waals surface area contributed by atoms with E-state index in [1.54, 1.807) is 4.40 Å². The summed E-state index contributed by atoms with van der Waals surface area (Å²) in [5, 5.41) is 4.95. The van der Waals surface area contributed by atoms with Gasteiger partial charge in [-0.3, -0.25) is 4.79 Å². The van der Waals surface area contributed by atoms with Gasteiger partial charge in [0.15, 0.2) is 4.96 Å². The average molecular weight is 541 g/mol. The van der Waals surface area contributed by atoms with Crippen LogP contribution in [0.15, 0.2) is 114 Å². The summed E-state index contributed by atoms with van der Waals surface area (Å²) >= 11 is 1.39. The highest BCUT2D eigenvalue weighted by Crippen LogP contribution is 2.28. The van der Waals surface area contributed by atoms with Gasteiger partial charge in [0.2, 0.25) is 0 Å². The minimum Gasteiger partial charge on any atom is -0.489 e. The van der Waals surface area contributed by atoms with Crippen LogP contribution in [0.1, 0.15) is 16.7 Å². The monoisotopic (exact) mass is 540 g/mol. The van der Waals surface area contributed by atoms with Crippen molar-refractivity contribution in [3.8, 4) is 22.7 Å². The number of fused-ring (bicyclic) bond motifs is 3. The van der Waals surface area contributed by atoms with E-state index in [4.69, 9.17) is 9.84 Å². The molecule has 6 nitrogen and oxygen atoms in total. The van der Waals surface area contributed by atoms with Crippen LogP contribution in [-0.4, -0.2) is 19.2 Å². The first-order valence-corrected chi connectivity index (χ1v) is 13.8. The van der Waals surface area contributed by atoms with E-state index in [2.05, 4.69) is 36.2 Å². The van der Waals surface area contributed by atoms with Gasteiger partial charge in [0.1, 0.15) is 18.1 Å². The number of aromatic nitrogens is 4. The number of rotatable bonds is 6. The quantitative estimate of drug-likeness (QED) is 0.252. The van der Waals surface area contributed by atoms with Crippen LogP contribution in [0.3, 0.4) is 0 Å². The summed E-state index contributed by atoms with van der Waals surface area (Å²) in [4.78, 5) is 18.8. The van der Waals surface area contributed by atoms with Gasteiger partial charge in [-0.25, -0.2) is 14.1 Å². The molecule has 0 radical (unpaired) electrons. The molecule has 3 aromatic heterocycles. The normalized spacial score (nSPS) is 12.0. The second-order valence-electron chi connectivity index (χ2n) is 9.65. The van der Waals surface area contributed by atoms with Crippen molar-refractivity contribution in [1.29, 1.82) is 0 Å². The molecule has 0 bridgehead atoms. The molecule has 194 valence electrons. The van der Waals surface area contributed by atoms with Gasteiger partial charge in [-0.1, -0.05) is 83.6 Å². The van der Waals surface area contributed by atoms with Crippen molar-refractivity contribution in [3.63, 3.8) is 0 Å². The van der Waals surface area contributed by atoms with Gasteiger partial charge >= 0.3 is 0 Å². The van der Waals surface area contributed by atoms with Crippen molar-refractivity contribution < 1.29 is 4.74 Å². The molecule has 0 amide bonds. The van der Waals surface area contributed by atoms with Gasteiger partial charge < -0.3 is 4.74 Å². The van der Waals surface area contributed by atoms with Crippen molar-refractivity contribution >= 4 is 33.4 Å². The molecule has 0 saturated carbocycles. The van der Waals surface area contributed by atoms with Crippen LogP contribution in [-0.2, 0) is 6.61 Å². The molecule has 0 spiro atoms. The smallest absolute Gasteiger partial charge is 0.274 e. The number of benzene rings is 4. The first kappa shape index (κ1) is 24.1. The second-order valence-corrected chi connectivity index (χ2v) is 10.7. The maximum absolute atomic E-state index is 13.5. The SMILES string of the molecule is Cc1ccc(COc2cccc(-c3nn(-c4ccccc4)cc3C=c3sc4nc5ccccc5n4c3=O)c2)cc1. The lowest BCUT2D eigenvalue weighted by Gasteiger charge is -2.08. The number of hydrogen-bond donors (Lipinski definition) is 0. The van der Waals surface area contributed by atoms with Crippen molar-refractivity contribution in [2.75, 3.05) is 0 Å². The molecular formula is C33H24N4O2S. The Hall–Kier alpha value is -5.01. The Morgan fingerprint density at radius 2 is 1.70 bits per heavy atom. The number of ether oxygens (including phenoxy) is 1. The average Bonchev–Trinajstić information content (AvgIpc) is 3.66. The molecule has 0 fully saturated rings. The topological polar surface area (TPSA) is 61.4 Å². The third-order valence-electron chi connectivity index (χ3n) is 6.83. The Morgan fingerprint density at radius 3 is 2.55 bits per heavy atom. The fourth-order valence-electron chi connectivity index (χ4n) is 4.77. The molecule has 3 heterocycles. The number of hydrogen-bond acceptors (Lipinski definition) is 5. The van der Waals surface area contributed by atoms with Gasteiger partial charge in [-0.05, 0) is 55.0 Å². The molecule has 40 heavy (non-hydrogen) atoms. The first-order valence-electron chi connectivity index (χ1n) is 13.0. The number of aryl methyl sites for hydroxylation is 1. The van der Waals surface area contributed by atoms with Gasteiger partial charge in [0.25, 0.3) is 5.56 Å². The molecular weight excluding hydrogens is 516 g/mol. The summed E-state index contributed by atoms with van der Waals surface area (Å²) in [5.74, 6) is 0.754. The fourth-order valence-corrected chi connectivity index (χ4v) is 5.75. The summed E-state index contributed by atoms with van der Waals surface area (Å²) < 4.78 is 10.3. The van der Waals surface area contributed by atoms with Crippen LogP contribution in [0.2, 0.25) is 0 Å². The maximum Gasteiger partial charge on any atom is 0.274 e. The Kier molecular flexibility index (Phi) is 5.98. The van der Waals surface area contributed by atoms with E-state index in [0.717, 1.165) is 44.9 Å². The molecule has 0 aliphatic heterocycles. The summed E-state index contributed by atoms with van der Waals surface area (Å²) in [6.45, 7) is 2.55. The van der Waals surface area contributed by atoms with Crippen LogP contribution in [0.5, 0.6) is 5.75 Å². The second kappa shape index (κ2) is 9.94. The Bertz CT molecular complexity index is 2090. The first-order chi connectivity index (χ1) is 19.6. The van der Waals surface area contributed by atoms with Crippen LogP contribution >= 0.6 is 11.3 Å². The number of para-hydroxylation sites is 3. The van der Waals surface area contributed by atoms with E-state index in [1.807, 2.05) is 95.8 Å². The van der Waals surface area contributed by atoms with Crippen LogP contribution in [0, 0.1) is 6.92 Å². The minimum absolute atomic E-state index is 0.0812. The van der Waals surface area contributed by atoms with Gasteiger partial charge in [0.05, 0.1) is 21.3 Å². The number of thiazole rings is 1. The molecule has 0 aliphatic rings. The lowest BCUT2D eigenvalue weighted by Crippen LogP contribution is -2.22. The molecule has 7 aromatic rings. The van der Waals surface area contributed by atoms with Gasteiger partial charge in [-0.2, -0.15) is 5.10 Å². The summed E-state index contributed by atoms with van der Waals surface area (Å²) in [6, 6.07) is 33.9. The van der Waals surface area contributed by atoms with Gasteiger partial charge in [0, 0.05) is 17.3 Å². The minimum atomic E-state index is -0.0812. The summed E-state index contributed by atoms with van der Waals surface area (Å²) in [5.41, 5.74) is 7.32. The van der Waals surface area contributed by atoms with E-state index in [9.17, 15) is 4.79 Å². The number of imidazole rings is 1. The van der Waals surface area contributed by atoms with Gasteiger partial charge in [-0.15, -0.1) is 0 Å². The van der Waals surface area contributed by atoms with E-state index in [-0.39, 0.29) is 5.56 Å². The Labute approximate surface area is 234 Å². The number of nitrogens with zero attached hydrogens (tertiary/aromatic N) is 4. The maximum atomic E-state index is 13.5. The standard InChI is InChI=1S/C33H24N4O2S/c1-22-14-16-23(17-15-22)21-39-27-11-7-8-24(18-27)31-25(20-36(35-31)26-9-3-2-4-10-26)19-30-32(38)37-29-13-6-5-12-28(29)34-33(37)40-30/h2-20H,21H2,1H3. The van der Waals surface area contributed by atoms with E-state index in [0.29, 0.717) is 16.1 Å². The summed E-state index contributed by atoms with van der Waals surface area (Å²) in [7, 11) is 0. The highest BCUT2D eigenvalue weighted by atomic mass is 32.1. The lowest BCUT2D eigenvalue weighted by molar-refractivity contribution is 0.306. The molecule has 0 atom stereocenters. The molecule has 0 N–H and O–H groups in total. The van der Waals surface area contributed by atoms with Crippen LogP contribution in [0.4, 0.5) is 0 Å². The Morgan fingerprint density at radius 1 is 0.900 bits per heavy atom. The molecule has 7 heteroatoms. The fraction of sp³-hybridized carbons (Fsp3) is 0.0606. The van der Waals surface area contributed by atoms with E-state index >= 15 is 0 Å². The lowest BCUT2D eigenvalue weighted by atomic mass is 10.1. The van der Waals surface area contributed by atoms with E-state index < -0.39 is 0 Å². The highest BCUT2D eigenvalue weighted by molar-refractivity contribution is 7.15. The van der Waals surface area contributed by atoms with Crippen molar-refractivity contribution in [3.05, 3.63) is 141 Å². The molecule has 0 aliphatic carbocycles. The van der Waals surface area contributed by atoms with Crippen molar-refractivity contribution in [1.82, 2.24) is 19.2 Å². The zero-order valence-electron chi connectivity index (χ0n) is 21.7. The van der Waals surface area contributed by atoms with Crippen LogP contribution < -0.4 is 14.8 Å². The largest absolute Gasteiger partial charge is 0.489 e. The predicted octanol–water partition coefficient (Wildman–Crippen LogP) is 6.20. The highest BCUT2D eigenvalue weighted by Gasteiger charge is 2.15. The zero-order valence-corrected chi connectivity index (χ0v) is 22.5.